The van der Waals surface area contributed by atoms with Gasteiger partial charge >= 0.3 is 0 Å². The molecule has 1 unspecified atom stereocenters. The second kappa shape index (κ2) is 8.98. The maximum Gasteiger partial charge on any atom is 0.257 e. The number of benzene rings is 1. The standard InChI is InChI=1S/C19H24FN3O2S/c1-5-12(2)21-17(24)11-26-19-22-13(3)15(18(25)23(19)4)10-14-8-6-7-9-16(14)20/h6-9,12H,5,10-11H2,1-4H3,(H,21,24). The third-order valence-electron chi connectivity index (χ3n) is 4.23. The van der Waals surface area contributed by atoms with Gasteiger partial charge in [-0.05, 0) is 31.9 Å². The van der Waals surface area contributed by atoms with E-state index in [9.17, 15) is 14.0 Å². The molecule has 140 valence electrons. The summed E-state index contributed by atoms with van der Waals surface area (Å²) in [5, 5.41) is 3.36. The zero-order valence-corrected chi connectivity index (χ0v) is 16.3. The van der Waals surface area contributed by atoms with Crippen LogP contribution in [0.25, 0.3) is 0 Å². The van der Waals surface area contributed by atoms with E-state index in [1.165, 1.54) is 22.4 Å². The lowest BCUT2D eigenvalue weighted by Gasteiger charge is -2.13. The minimum absolute atomic E-state index is 0.0910. The summed E-state index contributed by atoms with van der Waals surface area (Å²) in [7, 11) is 1.62. The number of nitrogens with one attached hydrogen (secondary N) is 1. The van der Waals surface area contributed by atoms with Crippen molar-refractivity contribution in [3.63, 3.8) is 0 Å². The van der Waals surface area contributed by atoms with Crippen LogP contribution in [0.3, 0.4) is 0 Å². The fourth-order valence-corrected chi connectivity index (χ4v) is 3.27. The SMILES string of the molecule is CCC(C)NC(=O)CSc1nc(C)c(Cc2ccccc2F)c(=O)n1C. The highest BCUT2D eigenvalue weighted by atomic mass is 32.2. The van der Waals surface area contributed by atoms with Crippen molar-refractivity contribution in [1.29, 1.82) is 0 Å². The molecular weight excluding hydrogens is 353 g/mol. The minimum Gasteiger partial charge on any atom is -0.353 e. The summed E-state index contributed by atoms with van der Waals surface area (Å²) in [5.74, 6) is -0.239. The van der Waals surface area contributed by atoms with Crippen LogP contribution in [0.2, 0.25) is 0 Å². The molecule has 26 heavy (non-hydrogen) atoms. The Bertz CT molecular complexity index is 851. The number of carbonyl (C=O) groups is 1. The molecule has 0 saturated carbocycles. The lowest BCUT2D eigenvalue weighted by atomic mass is 10.0. The fourth-order valence-electron chi connectivity index (χ4n) is 2.44. The van der Waals surface area contributed by atoms with Gasteiger partial charge in [0.1, 0.15) is 5.82 Å². The molecule has 1 N–H and O–H groups in total. The van der Waals surface area contributed by atoms with E-state index >= 15 is 0 Å². The van der Waals surface area contributed by atoms with E-state index in [0.717, 1.165) is 6.42 Å². The average Bonchev–Trinajstić information content (AvgIpc) is 2.61. The quantitative estimate of drug-likeness (QED) is 0.595. The summed E-state index contributed by atoms with van der Waals surface area (Å²) in [6, 6.07) is 6.52. The fraction of sp³-hybridized carbons (Fsp3) is 0.421. The summed E-state index contributed by atoms with van der Waals surface area (Å²) in [5.41, 5.74) is 1.26. The molecule has 2 rings (SSSR count). The first-order valence-electron chi connectivity index (χ1n) is 8.55. The summed E-state index contributed by atoms with van der Waals surface area (Å²) in [6.45, 7) is 5.68. The Kier molecular flexibility index (Phi) is 6.97. The molecule has 0 fully saturated rings. The number of aryl methyl sites for hydroxylation is 1. The molecule has 0 aliphatic heterocycles. The van der Waals surface area contributed by atoms with E-state index in [1.54, 1.807) is 32.2 Å². The van der Waals surface area contributed by atoms with E-state index in [0.29, 0.717) is 22.0 Å². The maximum absolute atomic E-state index is 13.9. The highest BCUT2D eigenvalue weighted by Gasteiger charge is 2.15. The van der Waals surface area contributed by atoms with Crippen molar-refractivity contribution in [2.24, 2.45) is 7.05 Å². The van der Waals surface area contributed by atoms with Gasteiger partial charge in [-0.2, -0.15) is 0 Å². The number of hydrogen-bond donors (Lipinski definition) is 1. The smallest absolute Gasteiger partial charge is 0.257 e. The molecule has 1 amide bonds. The first-order chi connectivity index (χ1) is 12.3. The molecule has 2 aromatic rings. The summed E-state index contributed by atoms with van der Waals surface area (Å²) >= 11 is 1.22. The van der Waals surface area contributed by atoms with E-state index in [4.69, 9.17) is 0 Å². The molecule has 0 spiro atoms. The van der Waals surface area contributed by atoms with Gasteiger partial charge in [0.2, 0.25) is 5.91 Å². The lowest BCUT2D eigenvalue weighted by Crippen LogP contribution is -2.33. The van der Waals surface area contributed by atoms with Crippen molar-refractivity contribution in [2.45, 2.75) is 44.8 Å². The van der Waals surface area contributed by atoms with Crippen molar-refractivity contribution in [3.05, 3.63) is 57.3 Å². The van der Waals surface area contributed by atoms with Gasteiger partial charge in [-0.3, -0.25) is 14.2 Å². The third kappa shape index (κ3) is 4.94. The normalized spacial score (nSPS) is 12.0. The number of nitrogens with zero attached hydrogens (tertiary/aromatic N) is 2. The van der Waals surface area contributed by atoms with Crippen LogP contribution in [-0.4, -0.2) is 27.3 Å². The molecular formula is C19H24FN3O2S. The Morgan fingerprint density at radius 2 is 2.08 bits per heavy atom. The average molecular weight is 377 g/mol. The zero-order valence-electron chi connectivity index (χ0n) is 15.5. The van der Waals surface area contributed by atoms with Crippen molar-refractivity contribution < 1.29 is 9.18 Å². The number of halogens is 1. The Labute approximate surface area is 157 Å². The van der Waals surface area contributed by atoms with Crippen LogP contribution in [0.5, 0.6) is 0 Å². The van der Waals surface area contributed by atoms with Gasteiger partial charge in [0.15, 0.2) is 5.16 Å². The number of carbonyl (C=O) groups excluding carboxylic acids is 1. The van der Waals surface area contributed by atoms with Gasteiger partial charge in [0.05, 0.1) is 5.75 Å². The van der Waals surface area contributed by atoms with Crippen molar-refractivity contribution in [1.82, 2.24) is 14.9 Å². The van der Waals surface area contributed by atoms with Gasteiger partial charge in [0.25, 0.3) is 5.56 Å². The molecule has 0 aliphatic carbocycles. The molecule has 7 heteroatoms. The van der Waals surface area contributed by atoms with E-state index in [1.807, 2.05) is 13.8 Å². The van der Waals surface area contributed by atoms with Crippen LogP contribution in [0, 0.1) is 12.7 Å². The molecule has 0 saturated heterocycles. The number of hydrogen-bond acceptors (Lipinski definition) is 4. The Morgan fingerprint density at radius 1 is 1.38 bits per heavy atom. The number of amides is 1. The third-order valence-corrected chi connectivity index (χ3v) is 5.26. The van der Waals surface area contributed by atoms with Crippen molar-refractivity contribution in [2.75, 3.05) is 5.75 Å². The highest BCUT2D eigenvalue weighted by Crippen LogP contribution is 2.17. The monoisotopic (exact) mass is 377 g/mol. The second-order valence-corrected chi connectivity index (χ2v) is 7.20. The van der Waals surface area contributed by atoms with Gasteiger partial charge < -0.3 is 5.32 Å². The van der Waals surface area contributed by atoms with Crippen molar-refractivity contribution in [3.8, 4) is 0 Å². The summed E-state index contributed by atoms with van der Waals surface area (Å²) in [4.78, 5) is 29.1. The summed E-state index contributed by atoms with van der Waals surface area (Å²) < 4.78 is 15.3. The first-order valence-corrected chi connectivity index (χ1v) is 9.54. The molecule has 1 aromatic heterocycles. The van der Waals surface area contributed by atoms with Crippen LogP contribution >= 0.6 is 11.8 Å². The predicted octanol–water partition coefficient (Wildman–Crippen LogP) is 2.83. The summed E-state index contributed by atoms with van der Waals surface area (Å²) in [6.07, 6.45) is 1.05. The molecule has 1 aromatic carbocycles. The second-order valence-electron chi connectivity index (χ2n) is 6.26. The van der Waals surface area contributed by atoms with Crippen LogP contribution in [-0.2, 0) is 18.3 Å². The molecule has 0 bridgehead atoms. The van der Waals surface area contributed by atoms with Crippen LogP contribution in [0.15, 0.2) is 34.2 Å². The predicted molar refractivity (Wildman–Crippen MR) is 102 cm³/mol. The van der Waals surface area contributed by atoms with Gasteiger partial charge in [-0.15, -0.1) is 0 Å². The van der Waals surface area contributed by atoms with Gasteiger partial charge in [0, 0.05) is 30.8 Å². The Balaban J connectivity index is 2.18. The topological polar surface area (TPSA) is 64.0 Å². The van der Waals surface area contributed by atoms with Crippen LogP contribution in [0.4, 0.5) is 4.39 Å². The van der Waals surface area contributed by atoms with Gasteiger partial charge in [-0.25, -0.2) is 9.37 Å². The molecule has 1 heterocycles. The van der Waals surface area contributed by atoms with Gasteiger partial charge in [-0.1, -0.05) is 36.9 Å². The minimum atomic E-state index is -0.339. The lowest BCUT2D eigenvalue weighted by molar-refractivity contribution is -0.119. The highest BCUT2D eigenvalue weighted by molar-refractivity contribution is 7.99. The molecule has 1 atom stereocenters. The molecule has 5 nitrogen and oxygen atoms in total. The molecule has 0 aliphatic rings. The van der Waals surface area contributed by atoms with Crippen LogP contribution < -0.4 is 10.9 Å². The van der Waals surface area contributed by atoms with Crippen molar-refractivity contribution >= 4 is 17.7 Å². The maximum atomic E-state index is 13.9. The zero-order chi connectivity index (χ0) is 19.3. The number of aromatic nitrogens is 2. The number of rotatable bonds is 7. The Morgan fingerprint density at radius 3 is 2.73 bits per heavy atom. The van der Waals surface area contributed by atoms with Crippen LogP contribution in [0.1, 0.15) is 37.1 Å². The molecule has 0 radical (unpaired) electrons. The first kappa shape index (κ1) is 20.2. The van der Waals surface area contributed by atoms with E-state index < -0.39 is 0 Å². The largest absolute Gasteiger partial charge is 0.353 e. The Hall–Kier alpha value is -2.15. The number of thioether (sulfide) groups is 1. The van der Waals surface area contributed by atoms with E-state index in [-0.39, 0.29) is 35.5 Å². The van der Waals surface area contributed by atoms with E-state index in [2.05, 4.69) is 10.3 Å².